The zero-order valence-electron chi connectivity index (χ0n) is 19.6. The number of aryl methyl sites for hydroxylation is 1. The minimum Gasteiger partial charge on any atom is -0.255 e. The molecule has 0 heterocycles. The summed E-state index contributed by atoms with van der Waals surface area (Å²) in [7, 11) is -15.0. The van der Waals surface area contributed by atoms with Crippen LogP contribution in [0.2, 0.25) is 0 Å². The second-order valence-electron chi connectivity index (χ2n) is 8.59. The van der Waals surface area contributed by atoms with Gasteiger partial charge in [-0.2, -0.15) is 0 Å². The Morgan fingerprint density at radius 2 is 0.784 bits per heavy atom. The highest BCUT2D eigenvalue weighted by Gasteiger charge is 2.38. The van der Waals surface area contributed by atoms with Crippen molar-refractivity contribution in [3.63, 3.8) is 0 Å². The van der Waals surface area contributed by atoms with Crippen LogP contribution in [0, 0.1) is 10.8 Å². The summed E-state index contributed by atoms with van der Waals surface area (Å²) >= 11 is 0. The smallest absolute Gasteiger partial charge is 0.0832 e. The van der Waals surface area contributed by atoms with Crippen LogP contribution < -0.4 is 0 Å². The topological polar surface area (TPSA) is 102 Å². The van der Waals surface area contributed by atoms with Gasteiger partial charge < -0.3 is 0 Å². The first-order chi connectivity index (χ1) is 17.5. The highest BCUT2D eigenvalue weighted by atomic mass is 32.3. The monoisotopic (exact) mass is 549 g/mol. The Hall–Kier alpha value is -3.53. The van der Waals surface area contributed by atoms with Gasteiger partial charge in [0.15, 0.2) is 0 Å². The first-order valence-electron chi connectivity index (χ1n) is 11.2. The number of rotatable bonds is 6. The summed E-state index contributed by atoms with van der Waals surface area (Å²) in [5.74, 6) is 0. The maximum absolute atomic E-state index is 14.0. The second kappa shape index (κ2) is 9.09. The molecule has 0 aliphatic heterocycles. The van der Waals surface area contributed by atoms with Crippen molar-refractivity contribution < 1.29 is 25.3 Å². The highest BCUT2D eigenvalue weighted by molar-refractivity contribution is 8.29. The van der Waals surface area contributed by atoms with Crippen molar-refractivity contribution in [2.24, 2.45) is 0 Å². The van der Waals surface area contributed by atoms with Gasteiger partial charge in [0.1, 0.15) is 0 Å². The van der Waals surface area contributed by atoms with E-state index >= 15 is 0 Å². The van der Waals surface area contributed by atoms with Crippen LogP contribution in [-0.2, 0) is 29.5 Å². The summed E-state index contributed by atoms with van der Waals surface area (Å²) < 4.78 is 81.9. The molecule has 188 valence electrons. The molecule has 5 aromatic carbocycles. The zero-order valence-corrected chi connectivity index (χ0v) is 22.0. The van der Waals surface area contributed by atoms with Gasteiger partial charge in [0, 0.05) is 14.7 Å². The van der Waals surface area contributed by atoms with Crippen molar-refractivity contribution in [1.29, 1.82) is 0 Å². The summed E-state index contributed by atoms with van der Waals surface area (Å²) in [6, 6.07) is 27.3. The standard InChI is InChI=1S/C28H21O6S3/c1-20-10-14-25(15-11-20)35(29,30)28(36(31,32)26-16-12-21-6-2-4-8-23(21)18-26)37(33,34)27-17-13-22-7-3-5-9-24(22)19-27/h2-19H,1H3/q-1. The Bertz CT molecular complexity index is 1870. The molecule has 0 saturated heterocycles. The van der Waals surface area contributed by atoms with E-state index in [1.807, 2.05) is 0 Å². The van der Waals surface area contributed by atoms with Crippen LogP contribution in [0.3, 0.4) is 0 Å². The molecule has 6 nitrogen and oxygen atoms in total. The Morgan fingerprint density at radius 3 is 1.22 bits per heavy atom. The lowest BCUT2D eigenvalue weighted by atomic mass is 10.1. The van der Waals surface area contributed by atoms with Crippen LogP contribution in [0.1, 0.15) is 5.56 Å². The van der Waals surface area contributed by atoms with E-state index in [0.29, 0.717) is 10.8 Å². The predicted molar refractivity (Wildman–Crippen MR) is 144 cm³/mol. The SMILES string of the molecule is Cc1ccc(S(=O)(=O)[C-](S(=O)(=O)c2ccc3ccccc3c2)S(=O)(=O)c2ccc3ccccc3c2)cc1. The lowest BCUT2D eigenvalue weighted by molar-refractivity contribution is 0.583. The summed E-state index contributed by atoms with van der Waals surface area (Å²) in [5, 5.41) is 2.50. The van der Waals surface area contributed by atoms with E-state index in [9.17, 15) is 25.3 Å². The average Bonchev–Trinajstić information content (AvgIpc) is 2.88. The van der Waals surface area contributed by atoms with Crippen LogP contribution in [-0.4, -0.2) is 25.3 Å². The van der Waals surface area contributed by atoms with Crippen LogP contribution in [0.25, 0.3) is 21.5 Å². The molecular weight excluding hydrogens is 529 g/mol. The van der Waals surface area contributed by atoms with E-state index in [1.165, 1.54) is 60.7 Å². The number of sulfone groups is 3. The van der Waals surface area contributed by atoms with Gasteiger partial charge >= 0.3 is 0 Å². The maximum Gasteiger partial charge on any atom is 0.0832 e. The Morgan fingerprint density at radius 1 is 0.432 bits per heavy atom. The van der Waals surface area contributed by atoms with Crippen molar-refractivity contribution in [1.82, 2.24) is 0 Å². The van der Waals surface area contributed by atoms with Crippen molar-refractivity contribution in [3.8, 4) is 0 Å². The molecule has 0 aromatic heterocycles. The maximum atomic E-state index is 14.0. The van der Waals surface area contributed by atoms with E-state index < -0.39 is 48.1 Å². The normalized spacial score (nSPS) is 12.8. The van der Waals surface area contributed by atoms with Gasteiger partial charge in [0.05, 0.1) is 33.4 Å². The molecule has 0 unspecified atom stereocenters. The molecule has 0 aliphatic rings. The number of hydrogen-bond donors (Lipinski definition) is 0. The zero-order chi connectivity index (χ0) is 26.4. The molecule has 5 rings (SSSR count). The molecule has 37 heavy (non-hydrogen) atoms. The molecule has 0 atom stereocenters. The Labute approximate surface area is 216 Å². The molecule has 0 saturated carbocycles. The van der Waals surface area contributed by atoms with Crippen molar-refractivity contribution in [2.45, 2.75) is 21.6 Å². The Balaban J connectivity index is 1.77. The minimum absolute atomic E-state index is 0.429. The molecule has 9 heteroatoms. The number of hydrogen-bond acceptors (Lipinski definition) is 6. The molecule has 0 N–H and O–H groups in total. The van der Waals surface area contributed by atoms with Gasteiger partial charge in [-0.1, -0.05) is 78.4 Å². The molecule has 0 spiro atoms. The molecule has 0 aliphatic carbocycles. The van der Waals surface area contributed by atoms with E-state index in [-0.39, 0.29) is 0 Å². The van der Waals surface area contributed by atoms with E-state index in [4.69, 9.17) is 0 Å². The van der Waals surface area contributed by atoms with Crippen LogP contribution in [0.4, 0.5) is 0 Å². The molecule has 0 bridgehead atoms. The fourth-order valence-corrected chi connectivity index (χ4v) is 11.4. The number of fused-ring (bicyclic) bond motifs is 2. The molecule has 5 aromatic rings. The third kappa shape index (κ3) is 4.43. The average molecular weight is 550 g/mol. The van der Waals surface area contributed by atoms with Gasteiger partial charge in [0.25, 0.3) is 0 Å². The summed E-state index contributed by atoms with van der Waals surface area (Å²) in [5.41, 5.74) is 0.732. The third-order valence-corrected chi connectivity index (χ3v) is 14.0. The Kier molecular flexibility index (Phi) is 6.18. The van der Waals surface area contributed by atoms with Crippen LogP contribution >= 0.6 is 0 Å². The van der Waals surface area contributed by atoms with Crippen LogP contribution in [0.15, 0.2) is 124 Å². The quantitative estimate of drug-likeness (QED) is 0.260. The van der Waals surface area contributed by atoms with Gasteiger partial charge in [-0.3, -0.25) is 25.3 Å². The summed E-state index contributed by atoms with van der Waals surface area (Å²) in [4.78, 5) is -1.29. The molecule has 0 radical (unpaired) electrons. The van der Waals surface area contributed by atoms with Crippen LogP contribution in [0.5, 0.6) is 0 Å². The van der Waals surface area contributed by atoms with Gasteiger partial charge in [-0.15, -0.1) is 0 Å². The predicted octanol–water partition coefficient (Wildman–Crippen LogP) is 5.47. The van der Waals surface area contributed by atoms with E-state index in [2.05, 4.69) is 0 Å². The largest absolute Gasteiger partial charge is 0.255 e. The number of benzene rings is 5. The van der Waals surface area contributed by atoms with Crippen molar-refractivity contribution >= 4 is 51.1 Å². The molecular formula is C28H21O6S3-. The summed E-state index contributed by atoms with van der Waals surface area (Å²) in [6.07, 6.45) is 0. The third-order valence-electron chi connectivity index (χ3n) is 6.05. The fraction of sp³-hybridized carbons (Fsp3) is 0.0357. The first kappa shape index (κ1) is 25.1. The lowest BCUT2D eigenvalue weighted by Gasteiger charge is -2.30. The second-order valence-corrected chi connectivity index (χ2v) is 15.0. The first-order valence-corrected chi connectivity index (χ1v) is 15.6. The molecule has 0 amide bonds. The summed E-state index contributed by atoms with van der Waals surface area (Å²) in [6.45, 7) is 1.73. The van der Waals surface area contributed by atoms with Gasteiger partial charge in [0.2, 0.25) is 0 Å². The van der Waals surface area contributed by atoms with Gasteiger partial charge in [-0.25, -0.2) is 0 Å². The van der Waals surface area contributed by atoms with Crippen molar-refractivity contribution in [2.75, 3.05) is 0 Å². The van der Waals surface area contributed by atoms with E-state index in [0.717, 1.165) is 16.3 Å². The highest BCUT2D eigenvalue weighted by Crippen LogP contribution is 2.40. The van der Waals surface area contributed by atoms with Crippen molar-refractivity contribution in [3.05, 3.63) is 119 Å². The van der Waals surface area contributed by atoms with Gasteiger partial charge in [-0.05, 0) is 64.9 Å². The minimum atomic E-state index is -5.03. The molecule has 0 fully saturated rings. The lowest BCUT2D eigenvalue weighted by Crippen LogP contribution is -2.30. The fourth-order valence-electron chi connectivity index (χ4n) is 4.11. The van der Waals surface area contributed by atoms with E-state index in [1.54, 1.807) is 55.5 Å².